The van der Waals surface area contributed by atoms with E-state index in [1.165, 1.54) is 4.31 Å². The van der Waals surface area contributed by atoms with E-state index in [9.17, 15) is 8.42 Å². The van der Waals surface area contributed by atoms with Gasteiger partial charge in [0.05, 0.1) is 11.7 Å². The second-order valence-corrected chi connectivity index (χ2v) is 9.61. The lowest BCUT2D eigenvalue weighted by Crippen LogP contribution is -2.46. The SMILES string of the molecule is CN1c2ccccc2[C@H]2[C@H]([C@H](c3ccccc3)CN2c2ccccc2)S1(=O)=O. The number of fused-ring (bicyclic) bond motifs is 3. The molecule has 0 bridgehead atoms. The molecular formula is C23H22N2O2S. The van der Waals surface area contributed by atoms with E-state index in [1.807, 2.05) is 66.7 Å². The third-order valence-electron chi connectivity index (χ3n) is 6.07. The predicted octanol–water partition coefficient (Wildman–Crippen LogP) is 4.18. The van der Waals surface area contributed by atoms with Gasteiger partial charge in [0.2, 0.25) is 10.0 Å². The number of benzene rings is 3. The van der Waals surface area contributed by atoms with Gasteiger partial charge in [0.25, 0.3) is 0 Å². The van der Waals surface area contributed by atoms with Gasteiger partial charge in [-0.3, -0.25) is 4.31 Å². The fourth-order valence-corrected chi connectivity index (χ4v) is 6.85. The van der Waals surface area contributed by atoms with Crippen LogP contribution in [-0.2, 0) is 10.0 Å². The molecule has 142 valence electrons. The fourth-order valence-electron chi connectivity index (χ4n) is 4.77. The third kappa shape index (κ3) is 2.46. The van der Waals surface area contributed by atoms with Crippen LogP contribution in [0, 0.1) is 0 Å². The van der Waals surface area contributed by atoms with Gasteiger partial charge in [0, 0.05) is 30.8 Å². The van der Waals surface area contributed by atoms with E-state index in [4.69, 9.17) is 0 Å². The smallest absolute Gasteiger partial charge is 0.240 e. The minimum Gasteiger partial charge on any atom is -0.362 e. The summed E-state index contributed by atoms with van der Waals surface area (Å²) in [6.45, 7) is 0.671. The lowest BCUT2D eigenvalue weighted by atomic mass is 9.92. The summed E-state index contributed by atoms with van der Waals surface area (Å²) >= 11 is 0. The van der Waals surface area contributed by atoms with Crippen LogP contribution in [0.3, 0.4) is 0 Å². The van der Waals surface area contributed by atoms with Crippen molar-refractivity contribution in [1.29, 1.82) is 0 Å². The van der Waals surface area contributed by atoms with Crippen molar-refractivity contribution >= 4 is 21.4 Å². The van der Waals surface area contributed by atoms with Crippen molar-refractivity contribution < 1.29 is 8.42 Å². The van der Waals surface area contributed by atoms with Gasteiger partial charge in [-0.1, -0.05) is 66.7 Å². The van der Waals surface area contributed by atoms with Gasteiger partial charge in [-0.25, -0.2) is 8.42 Å². The van der Waals surface area contributed by atoms with Gasteiger partial charge >= 0.3 is 0 Å². The standard InChI is InChI=1S/C23H22N2O2S/c1-24-21-15-9-8-14-19(21)22-23(28(24,26)27)20(17-10-4-2-5-11-17)16-25(22)18-12-6-3-7-13-18/h2-15,20,22-23H,16H2,1H3/t20-,22-,23-/m0/s1. The number of para-hydroxylation sites is 2. The Labute approximate surface area is 166 Å². The van der Waals surface area contributed by atoms with Crippen molar-refractivity contribution in [3.8, 4) is 0 Å². The van der Waals surface area contributed by atoms with Gasteiger partial charge in [-0.15, -0.1) is 0 Å². The summed E-state index contributed by atoms with van der Waals surface area (Å²) in [5.74, 6) is -0.0905. The summed E-state index contributed by atoms with van der Waals surface area (Å²) in [6.07, 6.45) is 0. The topological polar surface area (TPSA) is 40.6 Å². The number of hydrogen-bond acceptors (Lipinski definition) is 3. The van der Waals surface area contributed by atoms with Crippen molar-refractivity contribution in [2.45, 2.75) is 17.2 Å². The Bertz CT molecular complexity index is 1100. The van der Waals surface area contributed by atoms with E-state index >= 15 is 0 Å². The molecule has 0 unspecified atom stereocenters. The Morgan fingerprint density at radius 2 is 1.43 bits per heavy atom. The number of rotatable bonds is 2. The highest BCUT2D eigenvalue weighted by molar-refractivity contribution is 7.93. The monoisotopic (exact) mass is 390 g/mol. The van der Waals surface area contributed by atoms with E-state index in [0.717, 1.165) is 22.5 Å². The second-order valence-electron chi connectivity index (χ2n) is 7.49. The highest BCUT2D eigenvalue weighted by Crippen LogP contribution is 2.52. The minimum atomic E-state index is -3.50. The zero-order valence-electron chi connectivity index (χ0n) is 15.6. The zero-order valence-corrected chi connectivity index (χ0v) is 16.5. The van der Waals surface area contributed by atoms with Crippen molar-refractivity contribution in [3.63, 3.8) is 0 Å². The molecule has 2 aliphatic rings. The molecule has 1 fully saturated rings. The van der Waals surface area contributed by atoms with E-state index in [-0.39, 0.29) is 12.0 Å². The number of sulfonamides is 1. The van der Waals surface area contributed by atoms with Crippen LogP contribution in [-0.4, -0.2) is 27.3 Å². The molecule has 0 spiro atoms. The Balaban J connectivity index is 1.74. The van der Waals surface area contributed by atoms with Gasteiger partial charge in [0.1, 0.15) is 5.25 Å². The normalized spacial score (nSPS) is 25.2. The highest BCUT2D eigenvalue weighted by Gasteiger charge is 2.55. The number of hydrogen-bond donors (Lipinski definition) is 0. The first-order valence-corrected chi connectivity index (χ1v) is 11.0. The van der Waals surface area contributed by atoms with Crippen LogP contribution in [0.1, 0.15) is 23.1 Å². The molecule has 0 aromatic heterocycles. The minimum absolute atomic E-state index is 0.0905. The molecule has 0 amide bonds. The molecular weight excluding hydrogens is 368 g/mol. The van der Waals surface area contributed by atoms with Crippen LogP contribution in [0.2, 0.25) is 0 Å². The maximum atomic E-state index is 13.6. The predicted molar refractivity (Wildman–Crippen MR) is 113 cm³/mol. The Hall–Kier alpha value is -2.79. The first-order chi connectivity index (χ1) is 13.6. The molecule has 2 aliphatic heterocycles. The molecule has 28 heavy (non-hydrogen) atoms. The van der Waals surface area contributed by atoms with Crippen molar-refractivity contribution in [2.75, 3.05) is 22.8 Å². The molecule has 5 heteroatoms. The second kappa shape index (κ2) is 6.38. The molecule has 3 aromatic rings. The third-order valence-corrected chi connectivity index (χ3v) is 8.31. The van der Waals surface area contributed by atoms with Crippen molar-refractivity contribution in [2.24, 2.45) is 0 Å². The van der Waals surface area contributed by atoms with Gasteiger partial charge < -0.3 is 4.90 Å². The molecule has 0 saturated carbocycles. The first kappa shape index (κ1) is 17.3. The van der Waals surface area contributed by atoms with E-state index in [2.05, 4.69) is 23.1 Å². The molecule has 1 saturated heterocycles. The maximum Gasteiger partial charge on any atom is 0.240 e. The van der Waals surface area contributed by atoms with E-state index in [0.29, 0.717) is 6.54 Å². The quantitative estimate of drug-likeness (QED) is 0.659. The van der Waals surface area contributed by atoms with Crippen LogP contribution >= 0.6 is 0 Å². The lowest BCUT2D eigenvalue weighted by molar-refractivity contribution is 0.550. The molecule has 3 aromatic carbocycles. The summed E-state index contributed by atoms with van der Waals surface area (Å²) in [7, 11) is -1.82. The molecule has 0 aliphatic carbocycles. The maximum absolute atomic E-state index is 13.6. The van der Waals surface area contributed by atoms with Gasteiger partial charge in [-0.2, -0.15) is 0 Å². The average Bonchev–Trinajstić information content (AvgIpc) is 3.15. The summed E-state index contributed by atoms with van der Waals surface area (Å²) in [4.78, 5) is 2.27. The van der Waals surface area contributed by atoms with Crippen LogP contribution < -0.4 is 9.21 Å². The van der Waals surface area contributed by atoms with E-state index in [1.54, 1.807) is 7.05 Å². The van der Waals surface area contributed by atoms with Gasteiger partial charge in [0.15, 0.2) is 0 Å². The van der Waals surface area contributed by atoms with Crippen LogP contribution in [0.4, 0.5) is 11.4 Å². The average molecular weight is 391 g/mol. The number of anilines is 2. The fraction of sp³-hybridized carbons (Fsp3) is 0.217. The molecule has 2 heterocycles. The molecule has 0 radical (unpaired) electrons. The summed E-state index contributed by atoms with van der Waals surface area (Å²) < 4.78 is 28.7. The Morgan fingerprint density at radius 1 is 0.821 bits per heavy atom. The summed E-state index contributed by atoms with van der Waals surface area (Å²) in [6, 6.07) is 27.9. The van der Waals surface area contributed by atoms with Crippen molar-refractivity contribution in [3.05, 3.63) is 96.1 Å². The Morgan fingerprint density at radius 3 is 2.14 bits per heavy atom. The van der Waals surface area contributed by atoms with Crippen LogP contribution in [0.25, 0.3) is 0 Å². The summed E-state index contributed by atoms with van der Waals surface area (Å²) in [5.41, 5.74) is 3.99. The van der Waals surface area contributed by atoms with Crippen LogP contribution in [0.5, 0.6) is 0 Å². The Kier molecular flexibility index (Phi) is 3.95. The first-order valence-electron chi connectivity index (χ1n) is 9.52. The largest absolute Gasteiger partial charge is 0.362 e. The summed E-state index contributed by atoms with van der Waals surface area (Å²) in [5, 5.41) is -0.519. The molecule has 5 rings (SSSR count). The molecule has 4 nitrogen and oxygen atoms in total. The number of nitrogens with zero attached hydrogens (tertiary/aromatic N) is 2. The van der Waals surface area contributed by atoms with E-state index < -0.39 is 15.3 Å². The zero-order chi connectivity index (χ0) is 19.3. The molecule has 3 atom stereocenters. The lowest BCUT2D eigenvalue weighted by Gasteiger charge is -2.39. The van der Waals surface area contributed by atoms with Crippen LogP contribution in [0.15, 0.2) is 84.9 Å². The van der Waals surface area contributed by atoms with Gasteiger partial charge in [-0.05, 0) is 23.8 Å². The van der Waals surface area contributed by atoms with Crippen molar-refractivity contribution in [1.82, 2.24) is 0 Å². The highest BCUT2D eigenvalue weighted by atomic mass is 32.2. The molecule has 0 N–H and O–H groups in total.